The minimum absolute atomic E-state index is 0.253. The number of hydrogen-bond donors (Lipinski definition) is 2. The molecule has 0 saturated heterocycles. The van der Waals surface area contributed by atoms with Crippen LogP contribution in [0.4, 0.5) is 5.82 Å². The number of carbonyl (C=O) groups is 1. The van der Waals surface area contributed by atoms with Gasteiger partial charge in [0.1, 0.15) is 5.82 Å². The first-order valence-electron chi connectivity index (χ1n) is 8.97. The molecule has 1 aliphatic rings. The maximum atomic E-state index is 12.2. The molecule has 2 heterocycles. The minimum atomic E-state index is -0.253. The van der Waals surface area contributed by atoms with E-state index >= 15 is 0 Å². The Morgan fingerprint density at radius 2 is 1.82 bits per heavy atom. The topological polar surface area (TPSA) is 85.4 Å². The number of benzene rings is 2. The first kappa shape index (κ1) is 17.8. The monoisotopic (exact) mass is 376 g/mol. The lowest BCUT2D eigenvalue weighted by Gasteiger charge is -2.08. The van der Waals surface area contributed by atoms with Crippen molar-refractivity contribution >= 4 is 11.7 Å². The summed E-state index contributed by atoms with van der Waals surface area (Å²) in [6, 6.07) is 17.2. The van der Waals surface area contributed by atoms with E-state index in [1.165, 1.54) is 0 Å². The van der Waals surface area contributed by atoms with Crippen LogP contribution in [0.3, 0.4) is 0 Å². The largest absolute Gasteiger partial charge is 0.454 e. The van der Waals surface area contributed by atoms with Gasteiger partial charge in [0.05, 0.1) is 0 Å². The van der Waals surface area contributed by atoms with Crippen LogP contribution in [0.15, 0.2) is 54.6 Å². The number of amides is 1. The molecule has 1 amide bonds. The van der Waals surface area contributed by atoms with Gasteiger partial charge in [0.25, 0.3) is 5.91 Å². The van der Waals surface area contributed by atoms with Gasteiger partial charge in [-0.1, -0.05) is 35.9 Å². The second-order valence-corrected chi connectivity index (χ2v) is 6.52. The van der Waals surface area contributed by atoms with Crippen LogP contribution in [-0.2, 0) is 13.1 Å². The van der Waals surface area contributed by atoms with E-state index in [1.807, 2.05) is 49.4 Å². The molecule has 7 nitrogen and oxygen atoms in total. The lowest BCUT2D eigenvalue weighted by molar-refractivity contribution is 0.0945. The van der Waals surface area contributed by atoms with Gasteiger partial charge in [-0.3, -0.25) is 4.79 Å². The lowest BCUT2D eigenvalue weighted by atomic mass is 10.1. The second kappa shape index (κ2) is 7.96. The summed E-state index contributed by atoms with van der Waals surface area (Å²) in [7, 11) is 0. The molecule has 0 unspecified atom stereocenters. The molecule has 0 bridgehead atoms. The van der Waals surface area contributed by atoms with Crippen LogP contribution in [-0.4, -0.2) is 22.9 Å². The van der Waals surface area contributed by atoms with Gasteiger partial charge in [0, 0.05) is 13.1 Å². The fourth-order valence-corrected chi connectivity index (χ4v) is 2.89. The maximum absolute atomic E-state index is 12.2. The van der Waals surface area contributed by atoms with Crippen molar-refractivity contribution < 1.29 is 14.3 Å². The zero-order valence-corrected chi connectivity index (χ0v) is 15.4. The van der Waals surface area contributed by atoms with Gasteiger partial charge in [-0.25, -0.2) is 0 Å². The maximum Gasteiger partial charge on any atom is 0.272 e. The van der Waals surface area contributed by atoms with Gasteiger partial charge >= 0.3 is 0 Å². The van der Waals surface area contributed by atoms with Crippen molar-refractivity contribution in [3.8, 4) is 11.5 Å². The summed E-state index contributed by atoms with van der Waals surface area (Å²) >= 11 is 0. The summed E-state index contributed by atoms with van der Waals surface area (Å²) in [6.07, 6.45) is 0. The van der Waals surface area contributed by atoms with Crippen molar-refractivity contribution in [2.75, 3.05) is 12.1 Å². The number of fused-ring (bicyclic) bond motifs is 1. The number of nitrogens with one attached hydrogen (secondary N) is 2. The van der Waals surface area contributed by atoms with E-state index in [9.17, 15) is 4.79 Å². The molecule has 0 radical (unpaired) electrons. The minimum Gasteiger partial charge on any atom is -0.454 e. The van der Waals surface area contributed by atoms with Crippen molar-refractivity contribution in [2.45, 2.75) is 20.0 Å². The standard InChI is InChI=1S/C21H20N4O3/c1-14-3-2-4-15(9-14)12-23-21(26)17-6-8-20(25-24-17)22-11-16-5-7-18-19(10-16)28-13-27-18/h2-10H,11-13H2,1H3,(H,22,25)(H,23,26). The molecule has 7 heteroatoms. The van der Waals surface area contributed by atoms with E-state index in [0.29, 0.717) is 18.9 Å². The number of carbonyl (C=O) groups excluding carboxylic acids is 1. The summed E-state index contributed by atoms with van der Waals surface area (Å²) in [4.78, 5) is 12.2. The summed E-state index contributed by atoms with van der Waals surface area (Å²) in [5, 5.41) is 14.1. The van der Waals surface area contributed by atoms with Crippen LogP contribution in [0, 0.1) is 6.92 Å². The Hall–Kier alpha value is -3.61. The van der Waals surface area contributed by atoms with Crippen LogP contribution < -0.4 is 20.1 Å². The van der Waals surface area contributed by atoms with Crippen LogP contribution in [0.25, 0.3) is 0 Å². The van der Waals surface area contributed by atoms with Gasteiger partial charge in [0.2, 0.25) is 6.79 Å². The van der Waals surface area contributed by atoms with Gasteiger partial charge in [-0.05, 0) is 42.3 Å². The van der Waals surface area contributed by atoms with Crippen molar-refractivity contribution in [3.05, 3.63) is 77.0 Å². The van der Waals surface area contributed by atoms with Crippen molar-refractivity contribution in [1.29, 1.82) is 0 Å². The number of nitrogens with zero attached hydrogens (tertiary/aromatic N) is 2. The number of anilines is 1. The third-order valence-corrected chi connectivity index (χ3v) is 4.34. The van der Waals surface area contributed by atoms with Gasteiger partial charge < -0.3 is 20.1 Å². The molecule has 0 saturated carbocycles. The average Bonchev–Trinajstić information content (AvgIpc) is 3.19. The number of hydrogen-bond acceptors (Lipinski definition) is 6. The fourth-order valence-electron chi connectivity index (χ4n) is 2.89. The van der Waals surface area contributed by atoms with E-state index in [4.69, 9.17) is 9.47 Å². The fraction of sp³-hybridized carbons (Fsp3) is 0.190. The van der Waals surface area contributed by atoms with Crippen LogP contribution >= 0.6 is 0 Å². The first-order valence-corrected chi connectivity index (χ1v) is 8.97. The molecule has 142 valence electrons. The molecule has 0 fully saturated rings. The lowest BCUT2D eigenvalue weighted by Crippen LogP contribution is -2.24. The highest BCUT2D eigenvalue weighted by molar-refractivity contribution is 5.92. The van der Waals surface area contributed by atoms with Gasteiger partial charge in [-0.2, -0.15) is 0 Å². The molecule has 4 rings (SSSR count). The summed E-state index contributed by atoms with van der Waals surface area (Å²) in [6.45, 7) is 3.29. The SMILES string of the molecule is Cc1cccc(CNC(=O)c2ccc(NCc3ccc4c(c3)OCO4)nn2)c1. The molecule has 0 aliphatic carbocycles. The Labute approximate surface area is 162 Å². The van der Waals surface area contributed by atoms with Crippen LogP contribution in [0.2, 0.25) is 0 Å². The van der Waals surface area contributed by atoms with Gasteiger partial charge in [0.15, 0.2) is 17.2 Å². The molecule has 1 aromatic heterocycles. The molecule has 0 atom stereocenters. The molecular weight excluding hydrogens is 356 g/mol. The highest BCUT2D eigenvalue weighted by Gasteiger charge is 2.13. The number of aryl methyl sites for hydroxylation is 1. The Morgan fingerprint density at radius 3 is 2.64 bits per heavy atom. The normalized spacial score (nSPS) is 11.9. The van der Waals surface area contributed by atoms with Gasteiger partial charge in [-0.15, -0.1) is 10.2 Å². The Kier molecular flexibility index (Phi) is 5.05. The van der Waals surface area contributed by atoms with E-state index in [0.717, 1.165) is 28.2 Å². The van der Waals surface area contributed by atoms with E-state index in [-0.39, 0.29) is 18.4 Å². The van der Waals surface area contributed by atoms with Crippen LogP contribution in [0.1, 0.15) is 27.2 Å². The predicted molar refractivity (Wildman–Crippen MR) is 104 cm³/mol. The predicted octanol–water partition coefficient (Wildman–Crippen LogP) is 3.06. The first-order chi connectivity index (χ1) is 13.7. The highest BCUT2D eigenvalue weighted by Crippen LogP contribution is 2.32. The molecular formula is C21H20N4O3. The third-order valence-electron chi connectivity index (χ3n) is 4.34. The Bertz CT molecular complexity index is 989. The zero-order valence-electron chi connectivity index (χ0n) is 15.4. The second-order valence-electron chi connectivity index (χ2n) is 6.52. The molecule has 2 aromatic carbocycles. The zero-order chi connectivity index (χ0) is 19.3. The van der Waals surface area contributed by atoms with E-state index in [2.05, 4.69) is 20.8 Å². The number of aromatic nitrogens is 2. The van der Waals surface area contributed by atoms with E-state index < -0.39 is 0 Å². The quantitative estimate of drug-likeness (QED) is 0.688. The smallest absolute Gasteiger partial charge is 0.272 e. The number of rotatable bonds is 6. The molecule has 3 aromatic rings. The summed E-state index contributed by atoms with van der Waals surface area (Å²) < 4.78 is 10.7. The molecule has 0 spiro atoms. The molecule has 2 N–H and O–H groups in total. The highest BCUT2D eigenvalue weighted by atomic mass is 16.7. The van der Waals surface area contributed by atoms with Crippen LogP contribution in [0.5, 0.6) is 11.5 Å². The Balaban J connectivity index is 1.31. The van der Waals surface area contributed by atoms with E-state index in [1.54, 1.807) is 12.1 Å². The summed E-state index contributed by atoms with van der Waals surface area (Å²) in [5.74, 6) is 1.83. The third kappa shape index (κ3) is 4.20. The van der Waals surface area contributed by atoms with Crippen molar-refractivity contribution in [2.24, 2.45) is 0 Å². The van der Waals surface area contributed by atoms with Crippen molar-refractivity contribution in [1.82, 2.24) is 15.5 Å². The Morgan fingerprint density at radius 1 is 0.964 bits per heavy atom. The average molecular weight is 376 g/mol. The number of ether oxygens (including phenoxy) is 2. The molecule has 1 aliphatic heterocycles. The molecule has 28 heavy (non-hydrogen) atoms. The summed E-state index contributed by atoms with van der Waals surface area (Å²) in [5.41, 5.74) is 3.51. The van der Waals surface area contributed by atoms with Crippen molar-refractivity contribution in [3.63, 3.8) is 0 Å².